The number of piperazine rings is 1. The van der Waals surface area contributed by atoms with Crippen LogP contribution in [0.25, 0.3) is 10.2 Å². The number of likely N-dealkylation sites (N-methyl/N-ethyl adjacent to an activating group) is 1. The molecule has 4 rings (SSSR count). The van der Waals surface area contributed by atoms with Gasteiger partial charge in [-0.3, -0.25) is 9.69 Å². The molecule has 1 atom stereocenters. The summed E-state index contributed by atoms with van der Waals surface area (Å²) in [6.45, 7) is 5.78. The summed E-state index contributed by atoms with van der Waals surface area (Å²) < 4.78 is 1.16. The first-order chi connectivity index (χ1) is 13.6. The number of thiazole rings is 1. The molecule has 1 aromatic carbocycles. The molecule has 0 radical (unpaired) electrons. The van der Waals surface area contributed by atoms with Gasteiger partial charge in [-0.25, -0.2) is 15.0 Å². The van der Waals surface area contributed by atoms with Crippen molar-refractivity contribution in [3.8, 4) is 0 Å². The van der Waals surface area contributed by atoms with Gasteiger partial charge >= 0.3 is 0 Å². The minimum absolute atomic E-state index is 0.0380. The average molecular weight is 397 g/mol. The minimum Gasteiger partial charge on any atom is -0.338 e. The molecule has 8 heteroatoms. The van der Waals surface area contributed by atoms with E-state index in [9.17, 15) is 4.79 Å². The molecule has 1 aliphatic rings. The zero-order valence-electron chi connectivity index (χ0n) is 16.2. The van der Waals surface area contributed by atoms with Crippen molar-refractivity contribution in [3.63, 3.8) is 0 Å². The van der Waals surface area contributed by atoms with Gasteiger partial charge in [-0.05, 0) is 25.1 Å². The minimum atomic E-state index is -0.0380. The molecular formula is C20H24N6OS. The number of aromatic nitrogens is 3. The Morgan fingerprint density at radius 3 is 2.57 bits per heavy atom. The Labute approximate surface area is 168 Å². The third-order valence-corrected chi connectivity index (χ3v) is 6.41. The van der Waals surface area contributed by atoms with Gasteiger partial charge < -0.3 is 9.80 Å². The van der Waals surface area contributed by atoms with Crippen molar-refractivity contribution in [2.24, 2.45) is 0 Å². The quantitative estimate of drug-likeness (QED) is 0.660. The molecule has 1 amide bonds. The molecule has 0 N–H and O–H groups in total. The Balaban J connectivity index is 1.33. The lowest BCUT2D eigenvalue weighted by molar-refractivity contribution is -0.133. The Morgan fingerprint density at radius 2 is 1.86 bits per heavy atom. The highest BCUT2D eigenvalue weighted by molar-refractivity contribution is 7.18. The molecule has 0 bridgehead atoms. The van der Waals surface area contributed by atoms with E-state index in [2.05, 4.69) is 25.8 Å². The van der Waals surface area contributed by atoms with Crippen LogP contribution >= 0.6 is 11.3 Å². The van der Waals surface area contributed by atoms with Gasteiger partial charge in [-0.2, -0.15) is 0 Å². The summed E-state index contributed by atoms with van der Waals surface area (Å²) in [5.74, 6) is 0.881. The number of carbonyl (C=O) groups excluding carboxylic acids is 1. The van der Waals surface area contributed by atoms with Gasteiger partial charge in [0.25, 0.3) is 0 Å². The number of benzene rings is 1. The number of fused-ring (bicyclic) bond motifs is 1. The van der Waals surface area contributed by atoms with Crippen LogP contribution in [0.5, 0.6) is 0 Å². The molecule has 2 aromatic heterocycles. The van der Waals surface area contributed by atoms with Gasteiger partial charge in [0.05, 0.1) is 22.8 Å². The van der Waals surface area contributed by atoms with Crippen LogP contribution in [0.2, 0.25) is 0 Å². The lowest BCUT2D eigenvalue weighted by Gasteiger charge is -2.35. The van der Waals surface area contributed by atoms with E-state index in [0.717, 1.165) is 47.4 Å². The van der Waals surface area contributed by atoms with E-state index in [1.165, 1.54) is 0 Å². The second-order valence-corrected chi connectivity index (χ2v) is 8.07. The Morgan fingerprint density at radius 1 is 1.14 bits per heavy atom. The molecule has 1 saturated heterocycles. The molecule has 0 spiro atoms. The van der Waals surface area contributed by atoms with Gasteiger partial charge in [0, 0.05) is 45.6 Å². The molecule has 1 fully saturated rings. The molecule has 1 aliphatic heterocycles. The van der Waals surface area contributed by atoms with Crippen molar-refractivity contribution >= 4 is 33.4 Å². The van der Waals surface area contributed by atoms with Gasteiger partial charge in [0.2, 0.25) is 11.9 Å². The van der Waals surface area contributed by atoms with Crippen LogP contribution in [-0.4, -0.2) is 70.4 Å². The summed E-state index contributed by atoms with van der Waals surface area (Å²) in [5.41, 5.74) is 0.995. The van der Waals surface area contributed by atoms with E-state index >= 15 is 0 Å². The van der Waals surface area contributed by atoms with Crippen molar-refractivity contribution in [2.75, 3.05) is 44.7 Å². The summed E-state index contributed by atoms with van der Waals surface area (Å²) in [5, 5.41) is 0.975. The highest BCUT2D eigenvalue weighted by Crippen LogP contribution is 2.28. The third-order valence-electron chi connectivity index (χ3n) is 5.21. The van der Waals surface area contributed by atoms with Gasteiger partial charge in [-0.1, -0.05) is 12.1 Å². The van der Waals surface area contributed by atoms with E-state index in [1.54, 1.807) is 23.7 Å². The van der Waals surface area contributed by atoms with Crippen LogP contribution in [0, 0.1) is 0 Å². The molecular weight excluding hydrogens is 372 g/mol. The van der Waals surface area contributed by atoms with Crippen molar-refractivity contribution in [1.29, 1.82) is 0 Å². The molecule has 3 heterocycles. The monoisotopic (exact) mass is 396 g/mol. The van der Waals surface area contributed by atoms with E-state index in [1.807, 2.05) is 43.1 Å². The normalized spacial score (nSPS) is 16.3. The predicted octanol–water partition coefficient (Wildman–Crippen LogP) is 2.43. The van der Waals surface area contributed by atoms with Crippen LogP contribution in [0.3, 0.4) is 0 Å². The Kier molecular flexibility index (Phi) is 5.50. The van der Waals surface area contributed by atoms with Crippen LogP contribution in [0.15, 0.2) is 42.7 Å². The van der Waals surface area contributed by atoms with Gasteiger partial charge in [0.1, 0.15) is 5.01 Å². The average Bonchev–Trinajstić information content (AvgIpc) is 3.18. The predicted molar refractivity (Wildman–Crippen MR) is 111 cm³/mol. The molecule has 7 nitrogen and oxygen atoms in total. The number of rotatable bonds is 5. The van der Waals surface area contributed by atoms with Crippen LogP contribution in [-0.2, 0) is 4.79 Å². The highest BCUT2D eigenvalue weighted by Gasteiger charge is 2.25. The zero-order valence-corrected chi connectivity index (χ0v) is 17.0. The summed E-state index contributed by atoms with van der Waals surface area (Å²) >= 11 is 1.66. The van der Waals surface area contributed by atoms with Crippen molar-refractivity contribution in [1.82, 2.24) is 24.8 Å². The maximum atomic E-state index is 12.8. The SMILES string of the molecule is C[C@H](c1nc2ccccc2s1)N(C)C(=O)CN1CCN(c2ncccn2)CC1. The highest BCUT2D eigenvalue weighted by atomic mass is 32.1. The number of hydrogen-bond acceptors (Lipinski definition) is 7. The Bertz CT molecular complexity index is 905. The smallest absolute Gasteiger partial charge is 0.237 e. The summed E-state index contributed by atoms with van der Waals surface area (Å²) in [7, 11) is 1.87. The van der Waals surface area contributed by atoms with E-state index in [0.29, 0.717) is 6.54 Å². The van der Waals surface area contributed by atoms with Crippen LogP contribution in [0.4, 0.5) is 5.95 Å². The number of carbonyl (C=O) groups is 1. The van der Waals surface area contributed by atoms with E-state index in [4.69, 9.17) is 4.98 Å². The molecule has 0 aliphatic carbocycles. The standard InChI is InChI=1S/C20H24N6OS/c1-15(19-23-16-6-3-4-7-17(16)28-19)24(2)18(27)14-25-10-12-26(13-11-25)20-21-8-5-9-22-20/h3-9,15H,10-14H2,1-2H3/t15-/m1/s1. The number of nitrogens with zero attached hydrogens (tertiary/aromatic N) is 6. The Hall–Kier alpha value is -2.58. The first-order valence-corrected chi connectivity index (χ1v) is 10.3. The van der Waals surface area contributed by atoms with E-state index < -0.39 is 0 Å². The van der Waals surface area contributed by atoms with Gasteiger partial charge in [0.15, 0.2) is 0 Å². The van der Waals surface area contributed by atoms with Crippen LogP contribution < -0.4 is 4.90 Å². The molecule has 0 saturated carbocycles. The molecule has 28 heavy (non-hydrogen) atoms. The first kappa shape index (κ1) is 18.8. The summed E-state index contributed by atoms with van der Waals surface area (Å²) in [4.78, 5) is 32.3. The molecule has 146 valence electrons. The number of amides is 1. The molecule has 0 unspecified atom stereocenters. The lowest BCUT2D eigenvalue weighted by atomic mass is 10.2. The maximum absolute atomic E-state index is 12.8. The fourth-order valence-corrected chi connectivity index (χ4v) is 4.38. The second-order valence-electron chi connectivity index (χ2n) is 7.01. The van der Waals surface area contributed by atoms with Crippen molar-refractivity contribution in [2.45, 2.75) is 13.0 Å². The largest absolute Gasteiger partial charge is 0.338 e. The fraction of sp³-hybridized carbons (Fsp3) is 0.400. The van der Waals surface area contributed by atoms with Crippen molar-refractivity contribution < 1.29 is 4.79 Å². The van der Waals surface area contributed by atoms with Crippen LogP contribution in [0.1, 0.15) is 18.0 Å². The lowest BCUT2D eigenvalue weighted by Crippen LogP contribution is -2.50. The topological polar surface area (TPSA) is 65.5 Å². The fourth-order valence-electron chi connectivity index (χ4n) is 3.31. The zero-order chi connectivity index (χ0) is 19.5. The van der Waals surface area contributed by atoms with Gasteiger partial charge in [-0.15, -0.1) is 11.3 Å². The number of para-hydroxylation sites is 1. The van der Waals surface area contributed by atoms with Crippen molar-refractivity contribution in [3.05, 3.63) is 47.7 Å². The van der Waals surface area contributed by atoms with E-state index in [-0.39, 0.29) is 11.9 Å². The number of anilines is 1. The maximum Gasteiger partial charge on any atom is 0.237 e. The first-order valence-electron chi connectivity index (χ1n) is 9.47. The molecule has 3 aromatic rings. The summed E-state index contributed by atoms with van der Waals surface area (Å²) in [6.07, 6.45) is 3.52. The number of hydrogen-bond donors (Lipinski definition) is 0. The third kappa shape index (κ3) is 3.98. The summed E-state index contributed by atoms with van der Waals surface area (Å²) in [6, 6.07) is 9.88. The second kappa shape index (κ2) is 8.20.